The van der Waals surface area contributed by atoms with Gasteiger partial charge < -0.3 is 10.2 Å². The number of carbonyl (C=O) groups is 1. The molecule has 0 saturated heterocycles. The molecule has 3 rings (SSSR count). The van der Waals surface area contributed by atoms with Gasteiger partial charge in [0.2, 0.25) is 6.10 Å². The smallest absolute Gasteiger partial charge is 0.268 e. The molecule has 0 saturated carbocycles. The Kier molecular flexibility index (Phi) is 4.12. The van der Waals surface area contributed by atoms with E-state index in [-0.39, 0.29) is 5.69 Å². The summed E-state index contributed by atoms with van der Waals surface area (Å²) in [6, 6.07) is 10.9. The average Bonchev–Trinajstić information content (AvgIpc) is 2.91. The molecule has 0 aliphatic heterocycles. The summed E-state index contributed by atoms with van der Waals surface area (Å²) in [5.41, 5.74) is 1.19. The van der Waals surface area contributed by atoms with Crippen molar-refractivity contribution in [2.75, 3.05) is 5.32 Å². The maximum atomic E-state index is 13.5. The third kappa shape index (κ3) is 3.24. The van der Waals surface area contributed by atoms with Gasteiger partial charge in [0.05, 0.1) is 5.69 Å². The minimum absolute atomic E-state index is 0.0828. The molecule has 0 aliphatic carbocycles. The summed E-state index contributed by atoms with van der Waals surface area (Å²) in [5.74, 6) is -1.04. The minimum Gasteiger partial charge on any atom is -0.382 e. The molecule has 6 nitrogen and oxygen atoms in total. The highest BCUT2D eigenvalue weighted by Gasteiger charge is 2.18. The van der Waals surface area contributed by atoms with Gasteiger partial charge >= 0.3 is 0 Å². The lowest BCUT2D eigenvalue weighted by Crippen LogP contribution is -2.35. The van der Waals surface area contributed by atoms with E-state index in [0.29, 0.717) is 16.1 Å². The van der Waals surface area contributed by atoms with Crippen LogP contribution in [0, 0.1) is 5.82 Å². The maximum absolute atomic E-state index is 13.5. The molecular formula is C15H12ClFN4O2. The molecule has 0 fully saturated rings. The standard InChI is InChI=1S/C15H12ClFN4O2/c1-9(15(22)18-12-5-3-2-4-11(12)17)23-21-14-8-10(16)6-7-13(14)19-20-21/h2-9H,1H3,(H,18,22). The fraction of sp³-hybridized carbons (Fsp3) is 0.133. The monoisotopic (exact) mass is 334 g/mol. The number of fused-ring (bicyclic) bond motifs is 1. The summed E-state index contributed by atoms with van der Waals surface area (Å²) in [5, 5.41) is 10.7. The maximum Gasteiger partial charge on any atom is 0.268 e. The molecule has 2 aromatic carbocycles. The normalized spacial score (nSPS) is 12.1. The number of rotatable bonds is 4. The summed E-state index contributed by atoms with van der Waals surface area (Å²) in [6.07, 6.45) is -0.918. The first kappa shape index (κ1) is 15.2. The third-order valence-corrected chi connectivity index (χ3v) is 3.37. The Morgan fingerprint density at radius 2 is 2.13 bits per heavy atom. The lowest BCUT2D eigenvalue weighted by molar-refractivity contribution is -0.127. The van der Waals surface area contributed by atoms with Gasteiger partial charge in [-0.3, -0.25) is 4.79 Å². The van der Waals surface area contributed by atoms with Crippen molar-refractivity contribution in [3.05, 3.63) is 53.3 Å². The number of hydrogen-bond acceptors (Lipinski definition) is 4. The predicted octanol–water partition coefficient (Wildman–Crippen LogP) is 2.68. The van der Waals surface area contributed by atoms with Crippen molar-refractivity contribution in [2.45, 2.75) is 13.0 Å². The molecule has 0 aliphatic rings. The van der Waals surface area contributed by atoms with Crippen molar-refractivity contribution in [1.82, 2.24) is 15.2 Å². The summed E-state index contributed by atoms with van der Waals surface area (Å²) in [6.45, 7) is 1.52. The lowest BCUT2D eigenvalue weighted by Gasteiger charge is -2.14. The van der Waals surface area contributed by atoms with E-state index in [4.69, 9.17) is 16.4 Å². The van der Waals surface area contributed by atoms with Crippen LogP contribution < -0.4 is 10.2 Å². The van der Waals surface area contributed by atoms with E-state index in [1.54, 1.807) is 24.3 Å². The molecule has 8 heteroatoms. The summed E-state index contributed by atoms with van der Waals surface area (Å²) in [7, 11) is 0. The van der Waals surface area contributed by atoms with E-state index in [2.05, 4.69) is 15.6 Å². The van der Waals surface area contributed by atoms with Crippen LogP contribution in [-0.2, 0) is 4.79 Å². The largest absolute Gasteiger partial charge is 0.382 e. The molecule has 3 aromatic rings. The number of halogens is 2. The van der Waals surface area contributed by atoms with Gasteiger partial charge in [-0.2, -0.15) is 0 Å². The van der Waals surface area contributed by atoms with Gasteiger partial charge in [0.1, 0.15) is 16.9 Å². The van der Waals surface area contributed by atoms with E-state index >= 15 is 0 Å². The van der Waals surface area contributed by atoms with Crippen LogP contribution in [-0.4, -0.2) is 27.2 Å². The van der Waals surface area contributed by atoms with Gasteiger partial charge in [-0.1, -0.05) is 28.6 Å². The van der Waals surface area contributed by atoms with Gasteiger partial charge in [-0.15, -0.1) is 5.10 Å². The zero-order valence-corrected chi connectivity index (χ0v) is 12.8. The summed E-state index contributed by atoms with van der Waals surface area (Å²) >= 11 is 5.93. The number of nitrogens with one attached hydrogen (secondary N) is 1. The van der Waals surface area contributed by atoms with Crippen LogP contribution in [0.1, 0.15) is 6.92 Å². The molecule has 1 aromatic heterocycles. The molecular weight excluding hydrogens is 323 g/mol. The van der Waals surface area contributed by atoms with Crippen LogP contribution >= 0.6 is 11.6 Å². The van der Waals surface area contributed by atoms with Crippen molar-refractivity contribution >= 4 is 34.2 Å². The highest BCUT2D eigenvalue weighted by Crippen LogP contribution is 2.17. The quantitative estimate of drug-likeness (QED) is 0.796. The van der Waals surface area contributed by atoms with Crippen LogP contribution in [0.15, 0.2) is 42.5 Å². The number of hydrogen-bond donors (Lipinski definition) is 1. The Balaban J connectivity index is 1.75. The van der Waals surface area contributed by atoms with Gasteiger partial charge in [-0.05, 0) is 42.5 Å². The van der Waals surface area contributed by atoms with Gasteiger partial charge in [0, 0.05) is 5.02 Å². The summed E-state index contributed by atoms with van der Waals surface area (Å²) < 4.78 is 13.5. The number of benzene rings is 2. The van der Waals surface area contributed by atoms with Gasteiger partial charge in [0.25, 0.3) is 5.91 Å². The Morgan fingerprint density at radius 1 is 1.35 bits per heavy atom. The molecule has 1 amide bonds. The second-order valence-electron chi connectivity index (χ2n) is 4.81. The van der Waals surface area contributed by atoms with E-state index < -0.39 is 17.8 Å². The van der Waals surface area contributed by atoms with Crippen LogP contribution in [0.3, 0.4) is 0 Å². The van der Waals surface area contributed by atoms with E-state index in [1.807, 2.05) is 0 Å². The van der Waals surface area contributed by atoms with Gasteiger partial charge in [0.15, 0.2) is 0 Å². The zero-order valence-electron chi connectivity index (χ0n) is 12.0. The molecule has 118 valence electrons. The first-order valence-electron chi connectivity index (χ1n) is 6.78. The number of anilines is 1. The second-order valence-corrected chi connectivity index (χ2v) is 5.25. The van der Waals surface area contributed by atoms with Crippen molar-refractivity contribution in [3.63, 3.8) is 0 Å². The predicted molar refractivity (Wildman–Crippen MR) is 83.6 cm³/mol. The average molecular weight is 335 g/mol. The van der Waals surface area contributed by atoms with Crippen LogP contribution in [0.25, 0.3) is 11.0 Å². The molecule has 1 atom stereocenters. The van der Waals surface area contributed by atoms with Crippen LogP contribution in [0.2, 0.25) is 5.02 Å². The van der Waals surface area contributed by atoms with Gasteiger partial charge in [-0.25, -0.2) is 4.39 Å². The fourth-order valence-corrected chi connectivity index (χ4v) is 2.11. The Morgan fingerprint density at radius 3 is 2.91 bits per heavy atom. The Labute approximate surface area is 135 Å². The molecule has 1 N–H and O–H groups in total. The van der Waals surface area contributed by atoms with E-state index in [0.717, 1.165) is 4.85 Å². The highest BCUT2D eigenvalue weighted by atomic mass is 35.5. The lowest BCUT2D eigenvalue weighted by atomic mass is 10.3. The van der Waals surface area contributed by atoms with Crippen LogP contribution in [0.4, 0.5) is 10.1 Å². The number of nitrogens with zero attached hydrogens (tertiary/aromatic N) is 3. The summed E-state index contributed by atoms with van der Waals surface area (Å²) in [4.78, 5) is 18.7. The molecule has 1 unspecified atom stereocenters. The van der Waals surface area contributed by atoms with Crippen molar-refractivity contribution in [1.29, 1.82) is 0 Å². The van der Waals surface area contributed by atoms with Crippen LogP contribution in [0.5, 0.6) is 0 Å². The fourth-order valence-electron chi connectivity index (χ4n) is 1.94. The molecule has 0 radical (unpaired) electrons. The van der Waals surface area contributed by atoms with Crippen molar-refractivity contribution in [3.8, 4) is 0 Å². The first-order valence-corrected chi connectivity index (χ1v) is 7.16. The molecule has 0 bridgehead atoms. The Hall–Kier alpha value is -2.67. The number of amides is 1. The van der Waals surface area contributed by atoms with Crippen molar-refractivity contribution in [2.24, 2.45) is 0 Å². The molecule has 1 heterocycles. The SMILES string of the molecule is CC(On1nnc2ccc(Cl)cc21)C(=O)Nc1ccccc1F. The zero-order chi connectivity index (χ0) is 16.4. The van der Waals surface area contributed by atoms with Crippen molar-refractivity contribution < 1.29 is 14.0 Å². The Bertz CT molecular complexity index is 868. The second kappa shape index (κ2) is 6.21. The minimum atomic E-state index is -0.918. The highest BCUT2D eigenvalue weighted by molar-refractivity contribution is 6.31. The first-order chi connectivity index (χ1) is 11.0. The number of para-hydroxylation sites is 1. The van der Waals surface area contributed by atoms with E-state index in [1.165, 1.54) is 25.1 Å². The number of aromatic nitrogens is 3. The third-order valence-electron chi connectivity index (χ3n) is 3.14. The topological polar surface area (TPSA) is 69.0 Å². The van der Waals surface area contributed by atoms with E-state index in [9.17, 15) is 9.18 Å². The number of carbonyl (C=O) groups excluding carboxylic acids is 1. The molecule has 23 heavy (non-hydrogen) atoms. The molecule has 0 spiro atoms.